The quantitative estimate of drug-likeness (QED) is 0.631. The van der Waals surface area contributed by atoms with E-state index in [0.29, 0.717) is 0 Å². The first kappa shape index (κ1) is 20.4. The van der Waals surface area contributed by atoms with Crippen molar-refractivity contribution in [3.8, 4) is 11.5 Å². The first-order valence-electron chi connectivity index (χ1n) is 7.35. The summed E-state index contributed by atoms with van der Waals surface area (Å²) in [7, 11) is 0. The molecule has 6 nitrogen and oxygen atoms in total. The molecule has 0 saturated carbocycles. The number of allylic oxidation sites excluding steroid dienone is 6. The van der Waals surface area contributed by atoms with Crippen molar-refractivity contribution in [1.29, 1.82) is 0 Å². The van der Waals surface area contributed by atoms with Crippen LogP contribution in [0.15, 0.2) is 58.0 Å². The Bertz CT molecular complexity index is 992. The van der Waals surface area contributed by atoms with Gasteiger partial charge in [-0.15, -0.1) is 0 Å². The van der Waals surface area contributed by atoms with Gasteiger partial charge < -0.3 is 9.47 Å². The minimum absolute atomic E-state index is 0.0371. The Morgan fingerprint density at radius 2 is 0.893 bits per heavy atom. The van der Waals surface area contributed by atoms with Crippen LogP contribution in [0.5, 0.6) is 11.5 Å². The molecular weight excluding hydrogens is 454 g/mol. The summed E-state index contributed by atoms with van der Waals surface area (Å²) in [4.78, 5) is 46.9. The van der Waals surface area contributed by atoms with Crippen molar-refractivity contribution in [2.45, 2.75) is 0 Å². The van der Waals surface area contributed by atoms with E-state index in [0.717, 1.165) is 24.3 Å². The summed E-state index contributed by atoms with van der Waals surface area (Å²) in [5, 5.41) is -0.548. The van der Waals surface area contributed by atoms with E-state index in [9.17, 15) is 19.2 Å². The molecule has 0 radical (unpaired) electrons. The van der Waals surface area contributed by atoms with Gasteiger partial charge >= 0.3 is 0 Å². The summed E-state index contributed by atoms with van der Waals surface area (Å²) in [5.41, 5.74) is 0. The zero-order chi connectivity index (χ0) is 20.6. The largest absolute Gasteiger partial charge is 0.451 e. The van der Waals surface area contributed by atoms with E-state index in [1.807, 2.05) is 0 Å². The molecule has 0 fully saturated rings. The van der Waals surface area contributed by atoms with Crippen LogP contribution in [-0.4, -0.2) is 23.1 Å². The molecule has 10 heteroatoms. The van der Waals surface area contributed by atoms with E-state index >= 15 is 0 Å². The lowest BCUT2D eigenvalue weighted by atomic mass is 10.1. The normalized spacial score (nSPS) is 17.0. The number of hydrogen-bond donors (Lipinski definition) is 0. The van der Waals surface area contributed by atoms with Crippen LogP contribution < -0.4 is 9.47 Å². The van der Waals surface area contributed by atoms with E-state index in [1.165, 1.54) is 12.1 Å². The molecule has 0 amide bonds. The topological polar surface area (TPSA) is 86.7 Å². The number of carbonyl (C=O) groups excluding carboxylic acids is 4. The maximum absolute atomic E-state index is 11.9. The molecule has 2 aliphatic rings. The highest BCUT2D eigenvalue weighted by Crippen LogP contribution is 2.38. The summed E-state index contributed by atoms with van der Waals surface area (Å²) in [5.74, 6) is -3.13. The van der Waals surface area contributed by atoms with Crippen molar-refractivity contribution >= 4 is 69.5 Å². The molecule has 1 aromatic rings. The van der Waals surface area contributed by atoms with Crippen LogP contribution in [0.3, 0.4) is 0 Å². The summed E-state index contributed by atoms with van der Waals surface area (Å²) < 4.78 is 10.7. The van der Waals surface area contributed by atoms with Gasteiger partial charge in [0.2, 0.25) is 23.1 Å². The highest BCUT2D eigenvalue weighted by Gasteiger charge is 2.24. The number of benzene rings is 1. The lowest BCUT2D eigenvalue weighted by Crippen LogP contribution is -2.16. The van der Waals surface area contributed by atoms with E-state index in [1.54, 1.807) is 0 Å². The molecule has 0 aliphatic heterocycles. The van der Waals surface area contributed by atoms with Crippen molar-refractivity contribution in [3.63, 3.8) is 0 Å². The summed E-state index contributed by atoms with van der Waals surface area (Å²) in [6, 6.07) is 2.44. The molecule has 0 N–H and O–H groups in total. The molecule has 142 valence electrons. The Labute approximate surface area is 177 Å². The van der Waals surface area contributed by atoms with E-state index in [4.69, 9.17) is 55.9 Å². The standard InChI is InChI=1S/C18H6Cl4O6/c19-7-1-13(25)17(5-11(7)23)27-15-3-10(22)16(4-9(15)21)28-18-6-12(24)8(20)2-14(18)26/h1-6H. The molecule has 0 spiro atoms. The van der Waals surface area contributed by atoms with Crippen LogP contribution in [0, 0.1) is 0 Å². The van der Waals surface area contributed by atoms with Gasteiger partial charge in [-0.3, -0.25) is 19.2 Å². The molecule has 0 bridgehead atoms. The summed E-state index contributed by atoms with van der Waals surface area (Å²) >= 11 is 23.4. The smallest absolute Gasteiger partial charge is 0.222 e. The average molecular weight is 460 g/mol. The van der Waals surface area contributed by atoms with Crippen LogP contribution in [0.4, 0.5) is 0 Å². The molecule has 0 atom stereocenters. The number of halogens is 4. The van der Waals surface area contributed by atoms with Crippen LogP contribution >= 0.6 is 46.4 Å². The summed E-state index contributed by atoms with van der Waals surface area (Å²) in [6.07, 6.45) is 3.69. The fourth-order valence-corrected chi connectivity index (χ4v) is 2.79. The van der Waals surface area contributed by atoms with Crippen molar-refractivity contribution < 1.29 is 28.7 Å². The second-order valence-corrected chi connectivity index (χ2v) is 7.00. The molecule has 0 unspecified atom stereocenters. The van der Waals surface area contributed by atoms with Gasteiger partial charge in [-0.1, -0.05) is 46.4 Å². The molecule has 0 heterocycles. The van der Waals surface area contributed by atoms with Gasteiger partial charge in [-0.05, 0) is 0 Å². The van der Waals surface area contributed by atoms with Gasteiger partial charge in [0.15, 0.2) is 11.5 Å². The highest BCUT2D eigenvalue weighted by atomic mass is 35.5. The number of ketones is 4. The fourth-order valence-electron chi connectivity index (χ4n) is 2.10. The number of ether oxygens (including phenoxy) is 2. The third-order valence-corrected chi connectivity index (χ3v) is 4.60. The molecule has 2 aliphatic carbocycles. The SMILES string of the molecule is O=C1C=C(Oc2cc(Cl)c(OC3=CC(=O)C(Cl)=CC3=O)cc2Cl)C(=O)C=C1Cl. The first-order chi connectivity index (χ1) is 13.2. The number of hydrogen-bond acceptors (Lipinski definition) is 6. The second-order valence-electron chi connectivity index (χ2n) is 5.38. The van der Waals surface area contributed by atoms with Gasteiger partial charge in [-0.25, -0.2) is 0 Å². The number of rotatable bonds is 4. The fraction of sp³-hybridized carbons (Fsp3) is 0. The van der Waals surface area contributed by atoms with Gasteiger partial charge in [0.1, 0.15) is 11.5 Å². The molecule has 3 rings (SSSR count). The predicted molar refractivity (Wildman–Crippen MR) is 102 cm³/mol. The van der Waals surface area contributed by atoms with Gasteiger partial charge in [0, 0.05) is 36.4 Å². The Kier molecular flexibility index (Phi) is 5.76. The Hall–Kier alpha value is -2.38. The van der Waals surface area contributed by atoms with E-state index in [-0.39, 0.29) is 43.1 Å². The third kappa shape index (κ3) is 4.20. The lowest BCUT2D eigenvalue weighted by Gasteiger charge is -2.15. The molecule has 0 aromatic heterocycles. The maximum atomic E-state index is 11.9. The molecule has 1 aromatic carbocycles. The van der Waals surface area contributed by atoms with Crippen LogP contribution in [0.25, 0.3) is 0 Å². The maximum Gasteiger partial charge on any atom is 0.222 e. The van der Waals surface area contributed by atoms with Crippen molar-refractivity contribution in [3.05, 3.63) is 68.1 Å². The van der Waals surface area contributed by atoms with Gasteiger partial charge in [-0.2, -0.15) is 0 Å². The molecular formula is C18H6Cl4O6. The van der Waals surface area contributed by atoms with E-state index < -0.39 is 23.1 Å². The Balaban J connectivity index is 1.84. The summed E-state index contributed by atoms with van der Waals surface area (Å²) in [6.45, 7) is 0. The minimum Gasteiger partial charge on any atom is -0.451 e. The zero-order valence-corrected chi connectivity index (χ0v) is 16.4. The van der Waals surface area contributed by atoms with Crippen molar-refractivity contribution in [2.24, 2.45) is 0 Å². The third-order valence-electron chi connectivity index (χ3n) is 3.42. The molecule has 0 saturated heterocycles. The monoisotopic (exact) mass is 458 g/mol. The molecule has 28 heavy (non-hydrogen) atoms. The van der Waals surface area contributed by atoms with Crippen molar-refractivity contribution in [2.75, 3.05) is 0 Å². The van der Waals surface area contributed by atoms with Gasteiger partial charge in [0.05, 0.1) is 20.1 Å². The zero-order valence-electron chi connectivity index (χ0n) is 13.4. The highest BCUT2D eigenvalue weighted by molar-refractivity contribution is 6.48. The van der Waals surface area contributed by atoms with Crippen LogP contribution in [0.2, 0.25) is 10.0 Å². The van der Waals surface area contributed by atoms with E-state index in [2.05, 4.69) is 0 Å². The lowest BCUT2D eigenvalue weighted by molar-refractivity contribution is -0.116. The average Bonchev–Trinajstić information content (AvgIpc) is 2.61. The predicted octanol–water partition coefficient (Wildman–Crippen LogP) is 4.07. The Morgan fingerprint density at radius 1 is 0.536 bits per heavy atom. The Morgan fingerprint density at radius 3 is 1.25 bits per heavy atom. The van der Waals surface area contributed by atoms with Crippen LogP contribution in [0.1, 0.15) is 0 Å². The first-order valence-corrected chi connectivity index (χ1v) is 8.86. The second kappa shape index (κ2) is 7.93. The van der Waals surface area contributed by atoms with Gasteiger partial charge in [0.25, 0.3) is 0 Å². The minimum atomic E-state index is -0.628. The van der Waals surface area contributed by atoms with Crippen LogP contribution in [-0.2, 0) is 19.2 Å². The number of carbonyl (C=O) groups is 4. The van der Waals surface area contributed by atoms with Crippen molar-refractivity contribution in [1.82, 2.24) is 0 Å².